The van der Waals surface area contributed by atoms with Crippen LogP contribution in [-0.2, 0) is 13.7 Å². The normalized spacial score (nSPS) is 9.83. The van der Waals surface area contributed by atoms with E-state index in [0.29, 0.717) is 0 Å². The first kappa shape index (κ1) is 37.0. The van der Waals surface area contributed by atoms with Gasteiger partial charge in [0.05, 0.1) is 0 Å². The first-order chi connectivity index (χ1) is 6.00. The van der Waals surface area contributed by atoms with Crippen LogP contribution >= 0.6 is 23.5 Å². The van der Waals surface area contributed by atoms with Crippen molar-refractivity contribution in [2.24, 2.45) is 0 Å². The van der Waals surface area contributed by atoms with Crippen LogP contribution in [0.4, 0.5) is 0 Å². The number of rotatable bonds is 0. The molecule has 0 aromatic heterocycles. The SMILES string of the molecule is O=P([O-])([O-])[O-].O=P([O-])([O-])[O-].O=P([O-])([O-])[O-].[Al+3].[Ga+3].[In+3]. The van der Waals surface area contributed by atoms with E-state index in [9.17, 15) is 0 Å². The summed E-state index contributed by atoms with van der Waals surface area (Å²) in [5, 5.41) is 0. The van der Waals surface area contributed by atoms with E-state index in [1.807, 2.05) is 0 Å². The molecule has 0 spiro atoms. The Balaban J connectivity index is -0.0000000277. The van der Waals surface area contributed by atoms with Gasteiger partial charge in [0.1, 0.15) is 0 Å². The average Bonchev–Trinajstić information content (AvgIpc) is 1.41. The van der Waals surface area contributed by atoms with Gasteiger partial charge in [0, 0.05) is 0 Å². The van der Waals surface area contributed by atoms with Gasteiger partial charge in [-0.05, 0) is 0 Å². The van der Waals surface area contributed by atoms with E-state index in [1.54, 1.807) is 0 Å². The summed E-state index contributed by atoms with van der Waals surface area (Å²) in [7, 11) is -16.2. The maximum atomic E-state index is 8.55. The summed E-state index contributed by atoms with van der Waals surface area (Å²) < 4.78 is 25.6. The van der Waals surface area contributed by atoms with Crippen LogP contribution in [0, 0.1) is 0 Å². The number of hydrogen-bond donors (Lipinski definition) is 0. The van der Waals surface area contributed by atoms with Gasteiger partial charge in [-0.1, -0.05) is 0 Å². The molecule has 12 nitrogen and oxygen atoms in total. The van der Waals surface area contributed by atoms with Gasteiger partial charge in [-0.3, -0.25) is 0 Å². The molecule has 0 aliphatic carbocycles. The van der Waals surface area contributed by atoms with Gasteiger partial charge < -0.3 is 57.7 Å². The fourth-order valence-corrected chi connectivity index (χ4v) is 0. The van der Waals surface area contributed by atoms with Crippen molar-refractivity contribution in [3.63, 3.8) is 0 Å². The summed E-state index contributed by atoms with van der Waals surface area (Å²) in [5.41, 5.74) is 0. The summed E-state index contributed by atoms with van der Waals surface area (Å²) in [6.45, 7) is 0. The molecule has 0 unspecified atom stereocenters. The standard InChI is InChI=1S/Al.Ga.In.3H3O4P/c;;;3*1-5(2,3)4/h;;;3*(H3,1,2,3,4)/q3*+3;;;/p-9. The molecule has 18 heavy (non-hydrogen) atoms. The van der Waals surface area contributed by atoms with E-state index < -0.39 is 23.5 Å². The van der Waals surface area contributed by atoms with E-state index in [2.05, 4.69) is 0 Å². The maximum Gasteiger partial charge on any atom is 3.00 e. The molecule has 0 saturated heterocycles. The molecule has 18 heteroatoms. The van der Waals surface area contributed by atoms with E-state index in [-0.39, 0.29) is 63.0 Å². The van der Waals surface area contributed by atoms with Gasteiger partial charge in [-0.2, -0.15) is 23.5 Å². The Morgan fingerprint density at radius 2 is 0.500 bits per heavy atom. The van der Waals surface area contributed by atoms with Gasteiger partial charge in [0.2, 0.25) is 0 Å². The van der Waals surface area contributed by atoms with Crippen LogP contribution in [0.1, 0.15) is 0 Å². The fourth-order valence-electron chi connectivity index (χ4n) is 0. The molecule has 0 atom stereocenters. The van der Waals surface area contributed by atoms with Crippen molar-refractivity contribution in [3.8, 4) is 0 Å². The second-order valence-corrected chi connectivity index (χ2v) is 4.02. The third-order valence-corrected chi connectivity index (χ3v) is 0. The molecule has 0 aliphatic rings. The van der Waals surface area contributed by atoms with Crippen molar-refractivity contribution in [3.05, 3.63) is 0 Å². The molecule has 0 radical (unpaired) electrons. The maximum absolute atomic E-state index is 8.55. The van der Waals surface area contributed by atoms with Crippen molar-refractivity contribution in [2.45, 2.75) is 0 Å². The van der Waals surface area contributed by atoms with Crippen LogP contribution in [0.15, 0.2) is 0 Å². The molecule has 0 aromatic rings. The van der Waals surface area contributed by atoms with E-state index >= 15 is 0 Å². The number of phosphoric acid groups is 3. The van der Waals surface area contributed by atoms with Crippen molar-refractivity contribution in [1.29, 1.82) is 0 Å². The van der Waals surface area contributed by atoms with Crippen LogP contribution in [0.25, 0.3) is 0 Å². The molecule has 0 amide bonds. The second kappa shape index (κ2) is 15.8. The van der Waals surface area contributed by atoms with Gasteiger partial charge in [-0.15, -0.1) is 0 Å². The summed E-state index contributed by atoms with van der Waals surface area (Å²) in [6, 6.07) is 0. The Bertz CT molecular complexity index is 213. The summed E-state index contributed by atoms with van der Waals surface area (Å²) in [5.74, 6) is 0. The number of hydrogen-bond acceptors (Lipinski definition) is 12. The Labute approximate surface area is 143 Å². The van der Waals surface area contributed by atoms with Crippen molar-refractivity contribution < 1.29 is 57.7 Å². The molecule has 0 heterocycles. The molecule has 0 bridgehead atoms. The molecular formula is AlGaInO12P3. The third kappa shape index (κ3) is 987. The van der Waals surface area contributed by atoms with Crippen LogP contribution in [0.3, 0.4) is 0 Å². The summed E-state index contributed by atoms with van der Waals surface area (Å²) in [6.07, 6.45) is 0. The van der Waals surface area contributed by atoms with Crippen LogP contribution in [-0.4, -0.2) is 63.0 Å². The van der Waals surface area contributed by atoms with Crippen LogP contribution in [0.2, 0.25) is 0 Å². The molecule has 0 aromatic carbocycles. The Hall–Kier alpha value is 2.37. The summed E-state index contributed by atoms with van der Waals surface area (Å²) >= 11 is 0. The Morgan fingerprint density at radius 1 is 0.500 bits per heavy atom. The minimum atomic E-state index is -5.39. The van der Waals surface area contributed by atoms with Gasteiger partial charge >= 0.3 is 63.0 Å². The minimum Gasteiger partial charge on any atom is -0.822 e. The monoisotopic (exact) mass is 496 g/mol. The van der Waals surface area contributed by atoms with Crippen LogP contribution < -0.4 is 44.0 Å². The quantitative estimate of drug-likeness (QED) is 0.223. The molecule has 0 fully saturated rings. The third-order valence-electron chi connectivity index (χ3n) is 0. The molecule has 0 N–H and O–H groups in total. The molecule has 96 valence electrons. The molecule has 0 saturated carbocycles. The van der Waals surface area contributed by atoms with Gasteiger partial charge in [-0.25, -0.2) is 0 Å². The van der Waals surface area contributed by atoms with Gasteiger partial charge in [0.15, 0.2) is 0 Å². The zero-order chi connectivity index (χ0) is 13.5. The fraction of sp³-hybridized carbons (Fsp3) is 0. The van der Waals surface area contributed by atoms with Gasteiger partial charge in [0.25, 0.3) is 0 Å². The molecule has 0 aliphatic heterocycles. The predicted molar refractivity (Wildman–Crippen MR) is 40.1 cm³/mol. The van der Waals surface area contributed by atoms with Crippen LogP contribution in [0.5, 0.6) is 0 Å². The largest absolute Gasteiger partial charge is 3.00 e. The zero-order valence-corrected chi connectivity index (χ0v) is 17.5. The first-order valence-electron chi connectivity index (χ1n) is 2.19. The van der Waals surface area contributed by atoms with E-state index in [4.69, 9.17) is 57.7 Å². The zero-order valence-electron chi connectivity index (χ0n) is 7.97. The summed E-state index contributed by atoms with van der Waals surface area (Å²) in [4.78, 5) is 76.9. The smallest absolute Gasteiger partial charge is 0.822 e. The average molecular weight is 496 g/mol. The molecular weight excluding hydrogens is 496 g/mol. The topological polar surface area (TPSA) is 259 Å². The van der Waals surface area contributed by atoms with Crippen molar-refractivity contribution >= 4 is 86.5 Å². The minimum absolute atomic E-state index is 0. The second-order valence-electron chi connectivity index (χ2n) is 1.34. The van der Waals surface area contributed by atoms with E-state index in [1.165, 1.54) is 0 Å². The van der Waals surface area contributed by atoms with Crippen molar-refractivity contribution in [2.75, 3.05) is 0 Å². The van der Waals surface area contributed by atoms with Crippen molar-refractivity contribution in [1.82, 2.24) is 0 Å². The first-order valence-corrected chi connectivity index (χ1v) is 6.57. The Kier molecular flexibility index (Phi) is 32.4. The Morgan fingerprint density at radius 3 is 0.500 bits per heavy atom. The van der Waals surface area contributed by atoms with E-state index in [0.717, 1.165) is 0 Å². The predicted octanol–water partition coefficient (Wildman–Crippen LogP) is -9.62. The molecule has 0 rings (SSSR count).